The Morgan fingerprint density at radius 3 is 2.81 bits per heavy atom. The number of ether oxygens (including phenoxy) is 1. The van der Waals surface area contributed by atoms with Gasteiger partial charge in [0.25, 0.3) is 5.69 Å². The SMILES string of the molecule is CNc1cc([N+](=O)[O-])cc(N2CCC(OCCO)CC2)n1. The maximum absolute atomic E-state index is 11.0. The zero-order valence-electron chi connectivity index (χ0n) is 12.0. The summed E-state index contributed by atoms with van der Waals surface area (Å²) in [7, 11) is 1.69. The van der Waals surface area contributed by atoms with Crippen LogP contribution in [-0.2, 0) is 4.74 Å². The minimum absolute atomic E-state index is 0.0260. The molecule has 116 valence electrons. The summed E-state index contributed by atoms with van der Waals surface area (Å²) in [5.41, 5.74) is 0.0306. The number of aliphatic hydroxyl groups excluding tert-OH is 1. The zero-order valence-corrected chi connectivity index (χ0v) is 12.0. The molecule has 2 rings (SSSR count). The van der Waals surface area contributed by atoms with Gasteiger partial charge in [-0.15, -0.1) is 0 Å². The van der Waals surface area contributed by atoms with E-state index >= 15 is 0 Å². The maximum Gasteiger partial charge on any atom is 0.276 e. The van der Waals surface area contributed by atoms with Crippen molar-refractivity contribution in [2.75, 3.05) is 43.6 Å². The van der Waals surface area contributed by atoms with Crippen LogP contribution in [0.4, 0.5) is 17.3 Å². The van der Waals surface area contributed by atoms with E-state index in [4.69, 9.17) is 9.84 Å². The summed E-state index contributed by atoms with van der Waals surface area (Å²) in [6.45, 7) is 1.84. The second-order valence-electron chi connectivity index (χ2n) is 4.86. The van der Waals surface area contributed by atoms with E-state index < -0.39 is 4.92 Å². The molecule has 21 heavy (non-hydrogen) atoms. The largest absolute Gasteiger partial charge is 0.394 e. The van der Waals surface area contributed by atoms with Gasteiger partial charge in [-0.25, -0.2) is 4.98 Å². The van der Waals surface area contributed by atoms with Gasteiger partial charge in [0.05, 0.1) is 36.4 Å². The van der Waals surface area contributed by atoms with Crippen molar-refractivity contribution in [3.63, 3.8) is 0 Å². The normalized spacial score (nSPS) is 16.0. The first-order chi connectivity index (χ1) is 10.1. The van der Waals surface area contributed by atoms with Gasteiger partial charge < -0.3 is 20.1 Å². The fourth-order valence-electron chi connectivity index (χ4n) is 2.37. The summed E-state index contributed by atoms with van der Waals surface area (Å²) in [5, 5.41) is 22.6. The van der Waals surface area contributed by atoms with Crippen LogP contribution in [0.1, 0.15) is 12.8 Å². The lowest BCUT2D eigenvalue weighted by molar-refractivity contribution is -0.384. The third kappa shape index (κ3) is 4.02. The number of pyridine rings is 1. The Balaban J connectivity index is 2.05. The van der Waals surface area contributed by atoms with Gasteiger partial charge in [-0.3, -0.25) is 10.1 Å². The highest BCUT2D eigenvalue weighted by atomic mass is 16.6. The Hall–Kier alpha value is -1.93. The highest BCUT2D eigenvalue weighted by Crippen LogP contribution is 2.26. The second-order valence-corrected chi connectivity index (χ2v) is 4.86. The Kier molecular flexibility index (Phi) is 5.29. The van der Waals surface area contributed by atoms with Crippen LogP contribution in [0.25, 0.3) is 0 Å². The summed E-state index contributed by atoms with van der Waals surface area (Å²) in [5.74, 6) is 1.09. The van der Waals surface area contributed by atoms with E-state index in [9.17, 15) is 10.1 Å². The van der Waals surface area contributed by atoms with Crippen LogP contribution in [0.15, 0.2) is 12.1 Å². The first-order valence-corrected chi connectivity index (χ1v) is 6.95. The lowest BCUT2D eigenvalue weighted by atomic mass is 10.1. The van der Waals surface area contributed by atoms with Crippen LogP contribution in [0.5, 0.6) is 0 Å². The molecule has 0 aromatic carbocycles. The number of nitrogens with one attached hydrogen (secondary N) is 1. The zero-order chi connectivity index (χ0) is 15.2. The second kappa shape index (κ2) is 7.19. The molecule has 0 amide bonds. The van der Waals surface area contributed by atoms with Crippen molar-refractivity contribution in [2.45, 2.75) is 18.9 Å². The molecule has 0 unspecified atom stereocenters. The predicted molar refractivity (Wildman–Crippen MR) is 78.7 cm³/mol. The molecular formula is C13H20N4O4. The molecule has 0 atom stereocenters. The quantitative estimate of drug-likeness (QED) is 0.596. The monoisotopic (exact) mass is 296 g/mol. The van der Waals surface area contributed by atoms with Crippen molar-refractivity contribution in [3.8, 4) is 0 Å². The van der Waals surface area contributed by atoms with E-state index in [0.29, 0.717) is 18.2 Å². The molecule has 0 aliphatic carbocycles. The standard InChI is InChI=1S/C13H20N4O4/c1-14-12-8-10(17(19)20)9-13(15-12)16-4-2-11(3-5-16)21-7-6-18/h8-9,11,18H,2-7H2,1H3,(H,14,15). The molecule has 1 aromatic heterocycles. The number of piperidine rings is 1. The summed E-state index contributed by atoms with van der Waals surface area (Å²) in [6.07, 6.45) is 1.77. The van der Waals surface area contributed by atoms with Crippen molar-refractivity contribution in [1.29, 1.82) is 0 Å². The van der Waals surface area contributed by atoms with Gasteiger partial charge >= 0.3 is 0 Å². The van der Waals surface area contributed by atoms with Crippen LogP contribution in [0, 0.1) is 10.1 Å². The third-order valence-electron chi connectivity index (χ3n) is 3.47. The van der Waals surface area contributed by atoms with E-state index in [-0.39, 0.29) is 18.4 Å². The maximum atomic E-state index is 11.0. The van der Waals surface area contributed by atoms with Gasteiger partial charge in [-0.2, -0.15) is 0 Å². The molecule has 0 bridgehead atoms. The molecule has 1 aliphatic rings. The van der Waals surface area contributed by atoms with E-state index in [1.54, 1.807) is 7.05 Å². The van der Waals surface area contributed by atoms with Crippen LogP contribution in [-0.4, -0.2) is 54.5 Å². The number of nitrogens with zero attached hydrogens (tertiary/aromatic N) is 3. The molecule has 2 heterocycles. The Bertz CT molecular complexity index is 489. The number of hydrogen-bond acceptors (Lipinski definition) is 7. The van der Waals surface area contributed by atoms with Crippen molar-refractivity contribution in [3.05, 3.63) is 22.2 Å². The van der Waals surface area contributed by atoms with Gasteiger partial charge in [0.2, 0.25) is 0 Å². The molecule has 8 heteroatoms. The average molecular weight is 296 g/mol. The van der Waals surface area contributed by atoms with Gasteiger partial charge in [-0.05, 0) is 12.8 Å². The van der Waals surface area contributed by atoms with E-state index in [1.165, 1.54) is 12.1 Å². The fourth-order valence-corrected chi connectivity index (χ4v) is 2.37. The Morgan fingerprint density at radius 2 is 2.24 bits per heavy atom. The molecule has 1 saturated heterocycles. The molecule has 8 nitrogen and oxygen atoms in total. The Morgan fingerprint density at radius 1 is 1.52 bits per heavy atom. The number of aromatic nitrogens is 1. The topological polar surface area (TPSA) is 101 Å². The first kappa shape index (κ1) is 15.5. The lowest BCUT2D eigenvalue weighted by Crippen LogP contribution is -2.37. The number of aliphatic hydroxyl groups is 1. The molecule has 2 N–H and O–H groups in total. The van der Waals surface area contributed by atoms with Crippen molar-refractivity contribution < 1.29 is 14.8 Å². The summed E-state index contributed by atoms with van der Waals surface area (Å²) in [4.78, 5) is 16.9. The molecule has 1 aliphatic heterocycles. The van der Waals surface area contributed by atoms with E-state index in [1.807, 2.05) is 4.90 Å². The first-order valence-electron chi connectivity index (χ1n) is 6.95. The number of rotatable bonds is 6. The Labute approximate surface area is 122 Å². The third-order valence-corrected chi connectivity index (χ3v) is 3.47. The molecule has 0 radical (unpaired) electrons. The van der Waals surface area contributed by atoms with Crippen LogP contribution >= 0.6 is 0 Å². The summed E-state index contributed by atoms with van der Waals surface area (Å²) in [6, 6.07) is 2.91. The minimum Gasteiger partial charge on any atom is -0.394 e. The summed E-state index contributed by atoms with van der Waals surface area (Å²) >= 11 is 0. The van der Waals surface area contributed by atoms with Crippen LogP contribution in [0.2, 0.25) is 0 Å². The highest BCUT2D eigenvalue weighted by molar-refractivity contribution is 5.55. The van der Waals surface area contributed by atoms with Crippen molar-refractivity contribution in [2.24, 2.45) is 0 Å². The molecule has 0 spiro atoms. The van der Waals surface area contributed by atoms with Gasteiger partial charge in [0.15, 0.2) is 0 Å². The lowest BCUT2D eigenvalue weighted by Gasteiger charge is -2.32. The van der Waals surface area contributed by atoms with E-state index in [0.717, 1.165) is 25.9 Å². The van der Waals surface area contributed by atoms with Crippen LogP contribution < -0.4 is 10.2 Å². The molecule has 0 saturated carbocycles. The van der Waals surface area contributed by atoms with E-state index in [2.05, 4.69) is 10.3 Å². The van der Waals surface area contributed by atoms with Gasteiger partial charge in [0.1, 0.15) is 11.6 Å². The number of hydrogen-bond donors (Lipinski definition) is 2. The number of nitro groups is 1. The predicted octanol–water partition coefficient (Wildman–Crippen LogP) is 1.01. The molecule has 1 aromatic rings. The number of anilines is 2. The van der Waals surface area contributed by atoms with Crippen molar-refractivity contribution >= 4 is 17.3 Å². The van der Waals surface area contributed by atoms with Gasteiger partial charge in [-0.1, -0.05) is 0 Å². The molecular weight excluding hydrogens is 276 g/mol. The fraction of sp³-hybridized carbons (Fsp3) is 0.615. The molecule has 1 fully saturated rings. The smallest absolute Gasteiger partial charge is 0.276 e. The minimum atomic E-state index is -0.414. The average Bonchev–Trinajstić information content (AvgIpc) is 2.52. The van der Waals surface area contributed by atoms with Gasteiger partial charge in [0, 0.05) is 20.1 Å². The van der Waals surface area contributed by atoms with Crippen LogP contribution in [0.3, 0.4) is 0 Å². The van der Waals surface area contributed by atoms with Crippen molar-refractivity contribution in [1.82, 2.24) is 4.98 Å². The highest BCUT2D eigenvalue weighted by Gasteiger charge is 2.22. The summed E-state index contributed by atoms with van der Waals surface area (Å²) < 4.78 is 5.51.